The maximum Gasteiger partial charge on any atom is 0.0598 e. The van der Waals surface area contributed by atoms with Gasteiger partial charge in [0, 0.05) is 0 Å². The Morgan fingerprint density at radius 3 is 2.31 bits per heavy atom. The summed E-state index contributed by atoms with van der Waals surface area (Å²) in [5.74, 6) is 1.30. The van der Waals surface area contributed by atoms with Gasteiger partial charge in [-0.3, -0.25) is 0 Å². The molecule has 0 aliphatic rings. The molecular formula is C14H24S2. The van der Waals surface area contributed by atoms with E-state index in [2.05, 4.69) is 24.4 Å². The fourth-order valence-electron chi connectivity index (χ4n) is 1.75. The Morgan fingerprint density at radius 1 is 1.00 bits per heavy atom. The minimum atomic E-state index is 1.30. The van der Waals surface area contributed by atoms with Gasteiger partial charge in [0.2, 0.25) is 0 Å². The number of hydrogen-bond donors (Lipinski definition) is 0. The lowest BCUT2D eigenvalue weighted by atomic mass is 10.1. The molecule has 2 heteroatoms. The van der Waals surface area contributed by atoms with Gasteiger partial charge in [-0.2, -0.15) is 0 Å². The SMILES string of the molecule is CCCCCCCCCCSc1cccs1. The van der Waals surface area contributed by atoms with E-state index in [-0.39, 0.29) is 0 Å². The van der Waals surface area contributed by atoms with E-state index in [1.165, 1.54) is 61.3 Å². The monoisotopic (exact) mass is 256 g/mol. The highest BCUT2D eigenvalue weighted by atomic mass is 32.2. The molecule has 0 nitrogen and oxygen atoms in total. The van der Waals surface area contributed by atoms with Crippen LogP contribution in [0.25, 0.3) is 0 Å². The Balaban J connectivity index is 1.78. The number of unbranched alkanes of at least 4 members (excludes halogenated alkanes) is 7. The molecule has 0 saturated heterocycles. The molecule has 0 amide bonds. The van der Waals surface area contributed by atoms with E-state index < -0.39 is 0 Å². The molecule has 16 heavy (non-hydrogen) atoms. The van der Waals surface area contributed by atoms with Crippen molar-refractivity contribution in [3.05, 3.63) is 17.5 Å². The molecule has 92 valence electrons. The molecule has 1 heterocycles. The third-order valence-electron chi connectivity index (χ3n) is 2.74. The summed E-state index contributed by atoms with van der Waals surface area (Å²) in [5, 5.41) is 2.16. The molecule has 0 spiro atoms. The molecule has 0 fully saturated rings. The van der Waals surface area contributed by atoms with Crippen LogP contribution in [0.5, 0.6) is 0 Å². The van der Waals surface area contributed by atoms with Crippen LogP contribution in [0.4, 0.5) is 0 Å². The van der Waals surface area contributed by atoms with Crippen LogP contribution in [0.1, 0.15) is 58.3 Å². The topological polar surface area (TPSA) is 0 Å². The molecule has 0 bridgehead atoms. The molecule has 0 atom stereocenters. The minimum absolute atomic E-state index is 1.30. The highest BCUT2D eigenvalue weighted by Gasteiger charge is 1.95. The zero-order chi connectivity index (χ0) is 11.5. The Hall–Kier alpha value is 0.0500. The van der Waals surface area contributed by atoms with E-state index in [4.69, 9.17) is 0 Å². The van der Waals surface area contributed by atoms with Crippen LogP contribution in [0, 0.1) is 0 Å². The molecular weight excluding hydrogens is 232 g/mol. The molecule has 0 radical (unpaired) electrons. The molecule has 1 rings (SSSR count). The number of thioether (sulfide) groups is 1. The van der Waals surface area contributed by atoms with Crippen molar-refractivity contribution in [2.24, 2.45) is 0 Å². The van der Waals surface area contributed by atoms with Gasteiger partial charge >= 0.3 is 0 Å². The van der Waals surface area contributed by atoms with E-state index in [0.717, 1.165) is 0 Å². The van der Waals surface area contributed by atoms with Crippen molar-refractivity contribution in [2.75, 3.05) is 5.75 Å². The first-order chi connectivity index (χ1) is 7.93. The summed E-state index contributed by atoms with van der Waals surface area (Å²) in [7, 11) is 0. The lowest BCUT2D eigenvalue weighted by Crippen LogP contribution is -1.82. The molecule has 0 N–H and O–H groups in total. The zero-order valence-electron chi connectivity index (χ0n) is 10.4. The van der Waals surface area contributed by atoms with E-state index in [1.807, 2.05) is 23.1 Å². The average molecular weight is 256 g/mol. The predicted octanol–water partition coefficient (Wildman–Crippen LogP) is 5.98. The number of hydrogen-bond acceptors (Lipinski definition) is 2. The Labute approximate surface area is 109 Å². The first kappa shape index (κ1) is 14.1. The molecule has 0 aliphatic carbocycles. The van der Waals surface area contributed by atoms with Crippen molar-refractivity contribution in [2.45, 2.75) is 62.5 Å². The number of rotatable bonds is 10. The van der Waals surface area contributed by atoms with Crippen molar-refractivity contribution in [3.63, 3.8) is 0 Å². The maximum absolute atomic E-state index is 2.28. The molecule has 1 aromatic heterocycles. The maximum atomic E-state index is 2.28. The standard InChI is InChI=1S/C14H24S2/c1-2-3-4-5-6-7-8-9-12-15-14-11-10-13-16-14/h10-11,13H,2-9,12H2,1H3. The number of thiophene rings is 1. The lowest BCUT2D eigenvalue weighted by molar-refractivity contribution is 0.586. The van der Waals surface area contributed by atoms with Gasteiger partial charge in [-0.15, -0.1) is 23.1 Å². The molecule has 0 unspecified atom stereocenters. The molecule has 0 aromatic carbocycles. The van der Waals surface area contributed by atoms with Crippen molar-refractivity contribution in [1.29, 1.82) is 0 Å². The second-order valence-electron chi connectivity index (χ2n) is 4.26. The van der Waals surface area contributed by atoms with Crippen LogP contribution in [-0.2, 0) is 0 Å². The molecule has 1 aromatic rings. The summed E-state index contributed by atoms with van der Waals surface area (Å²) >= 11 is 3.88. The van der Waals surface area contributed by atoms with Crippen molar-refractivity contribution < 1.29 is 0 Å². The van der Waals surface area contributed by atoms with Crippen LogP contribution in [0.2, 0.25) is 0 Å². The van der Waals surface area contributed by atoms with Gasteiger partial charge in [0.25, 0.3) is 0 Å². The Kier molecular flexibility index (Phi) is 9.01. The summed E-state index contributed by atoms with van der Waals surface area (Å²) < 4.78 is 1.47. The van der Waals surface area contributed by atoms with E-state index in [0.29, 0.717) is 0 Å². The van der Waals surface area contributed by atoms with Crippen LogP contribution in [-0.4, -0.2) is 5.75 Å². The lowest BCUT2D eigenvalue weighted by Gasteiger charge is -2.01. The largest absolute Gasteiger partial charge is 0.137 e. The highest BCUT2D eigenvalue weighted by Crippen LogP contribution is 2.24. The predicted molar refractivity (Wildman–Crippen MR) is 77.7 cm³/mol. The fraction of sp³-hybridized carbons (Fsp3) is 0.714. The first-order valence-electron chi connectivity index (χ1n) is 6.60. The third-order valence-corrected chi connectivity index (χ3v) is 4.95. The molecule has 0 aliphatic heterocycles. The second-order valence-corrected chi connectivity index (χ2v) is 6.60. The zero-order valence-corrected chi connectivity index (χ0v) is 12.0. The van der Waals surface area contributed by atoms with Crippen LogP contribution < -0.4 is 0 Å². The van der Waals surface area contributed by atoms with Crippen molar-refractivity contribution >= 4 is 23.1 Å². The molecule has 0 saturated carbocycles. The van der Waals surface area contributed by atoms with Crippen LogP contribution in [0.3, 0.4) is 0 Å². The summed E-state index contributed by atoms with van der Waals surface area (Å²) in [6, 6.07) is 4.36. The fourth-order valence-corrected chi connectivity index (χ4v) is 3.62. The Morgan fingerprint density at radius 2 is 1.69 bits per heavy atom. The second kappa shape index (κ2) is 10.2. The van der Waals surface area contributed by atoms with Gasteiger partial charge in [0.05, 0.1) is 4.21 Å². The van der Waals surface area contributed by atoms with Crippen molar-refractivity contribution in [3.8, 4) is 0 Å². The van der Waals surface area contributed by atoms with Crippen LogP contribution in [0.15, 0.2) is 21.7 Å². The summed E-state index contributed by atoms with van der Waals surface area (Å²) in [5.41, 5.74) is 0. The third kappa shape index (κ3) is 7.34. The van der Waals surface area contributed by atoms with Gasteiger partial charge in [0.15, 0.2) is 0 Å². The van der Waals surface area contributed by atoms with E-state index in [9.17, 15) is 0 Å². The smallest absolute Gasteiger partial charge is 0.0598 e. The normalized spacial score (nSPS) is 10.8. The van der Waals surface area contributed by atoms with E-state index >= 15 is 0 Å². The van der Waals surface area contributed by atoms with E-state index in [1.54, 1.807) is 0 Å². The minimum Gasteiger partial charge on any atom is -0.137 e. The van der Waals surface area contributed by atoms with Gasteiger partial charge < -0.3 is 0 Å². The van der Waals surface area contributed by atoms with Crippen molar-refractivity contribution in [1.82, 2.24) is 0 Å². The Bertz CT molecular complexity index is 229. The quantitative estimate of drug-likeness (QED) is 0.366. The summed E-state index contributed by atoms with van der Waals surface area (Å²) in [6.07, 6.45) is 11.4. The van der Waals surface area contributed by atoms with Gasteiger partial charge in [-0.05, 0) is 23.6 Å². The van der Waals surface area contributed by atoms with Crippen LogP contribution >= 0.6 is 23.1 Å². The highest BCUT2D eigenvalue weighted by molar-refractivity contribution is 8.01. The summed E-state index contributed by atoms with van der Waals surface area (Å²) in [6.45, 7) is 2.28. The summed E-state index contributed by atoms with van der Waals surface area (Å²) in [4.78, 5) is 0. The van der Waals surface area contributed by atoms with Gasteiger partial charge in [-0.1, -0.05) is 57.9 Å². The van der Waals surface area contributed by atoms with Gasteiger partial charge in [0.1, 0.15) is 0 Å². The average Bonchev–Trinajstić information content (AvgIpc) is 2.80. The first-order valence-corrected chi connectivity index (χ1v) is 8.46. The van der Waals surface area contributed by atoms with Gasteiger partial charge in [-0.25, -0.2) is 0 Å².